The van der Waals surface area contributed by atoms with Gasteiger partial charge >= 0.3 is 5.97 Å². The molecule has 1 atom stereocenters. The van der Waals surface area contributed by atoms with E-state index in [0.717, 1.165) is 5.56 Å². The van der Waals surface area contributed by atoms with Crippen molar-refractivity contribution in [2.75, 3.05) is 0 Å². The van der Waals surface area contributed by atoms with Gasteiger partial charge in [0, 0.05) is 34.0 Å². The zero-order valence-electron chi connectivity index (χ0n) is 17.4. The molecule has 3 aromatic carbocycles. The largest absolute Gasteiger partial charge is 0.479 e. The molecule has 0 spiro atoms. The van der Waals surface area contributed by atoms with Crippen LogP contribution in [0.15, 0.2) is 83.5 Å². The monoisotopic (exact) mass is 440 g/mol. The highest BCUT2D eigenvalue weighted by Gasteiger charge is 2.26. The van der Waals surface area contributed by atoms with E-state index in [4.69, 9.17) is 10.2 Å². The van der Waals surface area contributed by atoms with Crippen LogP contribution >= 0.6 is 0 Å². The van der Waals surface area contributed by atoms with Crippen LogP contribution in [-0.2, 0) is 11.3 Å². The molecule has 5 rings (SSSR count). The van der Waals surface area contributed by atoms with Gasteiger partial charge in [-0.3, -0.25) is 4.79 Å². The van der Waals surface area contributed by atoms with Gasteiger partial charge in [-0.25, -0.2) is 4.79 Å². The number of benzene rings is 3. The zero-order valence-corrected chi connectivity index (χ0v) is 17.4. The first-order valence-corrected chi connectivity index (χ1v) is 10.3. The van der Waals surface area contributed by atoms with Gasteiger partial charge in [0.25, 0.3) is 0 Å². The van der Waals surface area contributed by atoms with Crippen LogP contribution in [0.25, 0.3) is 33.1 Å². The molecule has 0 radical (unpaired) electrons. The first-order chi connectivity index (χ1) is 16.0. The van der Waals surface area contributed by atoms with E-state index in [1.54, 1.807) is 30.3 Å². The molecule has 2 heterocycles. The van der Waals surface area contributed by atoms with Crippen molar-refractivity contribution in [3.05, 3.63) is 95.7 Å². The van der Waals surface area contributed by atoms with Crippen LogP contribution in [0.1, 0.15) is 27.6 Å². The number of carbonyl (C=O) groups excluding carboxylic acids is 1. The highest BCUT2D eigenvalue weighted by molar-refractivity contribution is 6.20. The minimum atomic E-state index is -1.81. The van der Waals surface area contributed by atoms with Crippen molar-refractivity contribution in [2.45, 2.75) is 12.6 Å². The van der Waals surface area contributed by atoms with E-state index in [2.05, 4.69) is 0 Å². The lowest BCUT2D eigenvalue weighted by Gasteiger charge is -2.12. The van der Waals surface area contributed by atoms with E-state index in [9.17, 15) is 19.8 Å². The molecule has 0 saturated heterocycles. The van der Waals surface area contributed by atoms with Crippen LogP contribution in [0.2, 0.25) is 0 Å². The number of carbonyl (C=O) groups is 2. The lowest BCUT2D eigenvalue weighted by molar-refractivity contribution is -0.146. The summed E-state index contributed by atoms with van der Waals surface area (Å²) in [4.78, 5) is 24.1. The van der Waals surface area contributed by atoms with Crippen molar-refractivity contribution in [3.63, 3.8) is 0 Å². The van der Waals surface area contributed by atoms with Crippen molar-refractivity contribution in [2.24, 2.45) is 5.73 Å². The van der Waals surface area contributed by atoms with Crippen molar-refractivity contribution in [1.29, 1.82) is 0 Å². The molecule has 4 N–H and O–H groups in total. The smallest absolute Gasteiger partial charge is 0.337 e. The van der Waals surface area contributed by atoms with Gasteiger partial charge in [0.05, 0.1) is 17.3 Å². The van der Waals surface area contributed by atoms with Crippen molar-refractivity contribution < 1.29 is 24.2 Å². The Morgan fingerprint density at radius 3 is 2.39 bits per heavy atom. The Labute approximate surface area is 188 Å². The Morgan fingerprint density at radius 1 is 0.939 bits per heavy atom. The zero-order chi connectivity index (χ0) is 23.1. The molecular weight excluding hydrogens is 420 g/mol. The fourth-order valence-electron chi connectivity index (χ4n) is 4.37. The highest BCUT2D eigenvalue weighted by Crippen LogP contribution is 2.40. The summed E-state index contributed by atoms with van der Waals surface area (Å²) in [5, 5.41) is 21.3. The van der Waals surface area contributed by atoms with Crippen LogP contribution in [0.4, 0.5) is 0 Å². The van der Waals surface area contributed by atoms with Gasteiger partial charge < -0.3 is 24.9 Å². The van der Waals surface area contributed by atoms with Crippen LogP contribution in [0.3, 0.4) is 0 Å². The summed E-state index contributed by atoms with van der Waals surface area (Å²) < 4.78 is 7.54. The molecule has 0 bridgehead atoms. The average Bonchev–Trinajstić information content (AvgIpc) is 3.46. The molecule has 5 aromatic rings. The normalized spacial score (nSPS) is 12.3. The number of aromatic nitrogens is 1. The number of primary amides is 1. The number of furan rings is 1. The number of hydrogen-bond acceptors (Lipinski definition) is 4. The third-order valence-corrected chi connectivity index (χ3v) is 5.81. The quantitative estimate of drug-likeness (QED) is 0.363. The number of fused-ring (bicyclic) bond motifs is 3. The maximum atomic E-state index is 12.3. The molecule has 1 unspecified atom stereocenters. The molecule has 0 aliphatic heterocycles. The van der Waals surface area contributed by atoms with Crippen molar-refractivity contribution in [1.82, 2.24) is 4.57 Å². The number of nitrogens with zero attached hydrogens (tertiary/aromatic N) is 1. The number of hydrogen-bond donors (Lipinski definition) is 3. The minimum Gasteiger partial charge on any atom is -0.479 e. The van der Waals surface area contributed by atoms with Crippen molar-refractivity contribution >= 4 is 33.7 Å². The van der Waals surface area contributed by atoms with Crippen molar-refractivity contribution in [3.8, 4) is 11.3 Å². The molecule has 33 heavy (non-hydrogen) atoms. The SMILES string of the molecule is NC(=O)c1cccc2c1c1c(C(O)C(=O)O)cc(-c3ccco3)cc1n2Cc1ccccc1. The first kappa shape index (κ1) is 20.5. The van der Waals surface area contributed by atoms with Crippen LogP contribution in [0, 0.1) is 0 Å². The van der Waals surface area contributed by atoms with Gasteiger partial charge in [-0.15, -0.1) is 0 Å². The summed E-state index contributed by atoms with van der Waals surface area (Å²) in [5.41, 5.74) is 9.10. The van der Waals surface area contributed by atoms with Crippen LogP contribution in [0.5, 0.6) is 0 Å². The second kappa shape index (κ2) is 7.96. The number of aliphatic carboxylic acids is 1. The number of aliphatic hydroxyl groups is 1. The summed E-state index contributed by atoms with van der Waals surface area (Å²) >= 11 is 0. The molecular formula is C26H20N2O5. The summed E-state index contributed by atoms with van der Waals surface area (Å²) in [6.07, 6.45) is -0.281. The Morgan fingerprint density at radius 2 is 1.73 bits per heavy atom. The van der Waals surface area contributed by atoms with Gasteiger partial charge in [0.2, 0.25) is 5.91 Å². The van der Waals surface area contributed by atoms with E-state index in [1.165, 1.54) is 6.26 Å². The minimum absolute atomic E-state index is 0.164. The van der Waals surface area contributed by atoms with Crippen LogP contribution in [-0.4, -0.2) is 26.7 Å². The number of nitrogens with two attached hydrogens (primary N) is 1. The molecule has 1 amide bonds. The Bertz CT molecular complexity index is 1500. The summed E-state index contributed by atoms with van der Waals surface area (Å²) in [7, 11) is 0. The number of carboxylic acids is 1. The fourth-order valence-corrected chi connectivity index (χ4v) is 4.37. The lowest BCUT2D eigenvalue weighted by atomic mass is 9.96. The first-order valence-electron chi connectivity index (χ1n) is 10.3. The molecule has 7 nitrogen and oxygen atoms in total. The predicted octanol–water partition coefficient (Wildman–Crippen LogP) is 4.32. The molecule has 0 aliphatic rings. The standard InChI is InChI=1S/C26H20N2O5/c27-25(30)17-8-4-9-19-22(17)23-18(24(29)26(31)32)12-16(21-10-5-11-33-21)13-20(23)28(19)14-15-6-2-1-3-7-15/h1-13,24,29H,14H2,(H2,27,30)(H,31,32). The number of aliphatic hydroxyl groups excluding tert-OH is 1. The van der Waals surface area contributed by atoms with Gasteiger partial charge in [-0.05, 0) is 42.0 Å². The van der Waals surface area contributed by atoms with Gasteiger partial charge in [-0.2, -0.15) is 0 Å². The predicted molar refractivity (Wildman–Crippen MR) is 124 cm³/mol. The molecule has 0 fully saturated rings. The maximum Gasteiger partial charge on any atom is 0.337 e. The number of amides is 1. The Kier molecular flexibility index (Phi) is 4.95. The fraction of sp³-hybridized carbons (Fsp3) is 0.0769. The number of rotatable bonds is 6. The third-order valence-electron chi connectivity index (χ3n) is 5.81. The molecule has 2 aromatic heterocycles. The number of carboxylic acid groups (broad SMARTS) is 1. The van der Waals surface area contributed by atoms with Gasteiger partial charge in [0.15, 0.2) is 6.10 Å². The van der Waals surface area contributed by atoms with Gasteiger partial charge in [-0.1, -0.05) is 36.4 Å². The van der Waals surface area contributed by atoms with Crippen LogP contribution < -0.4 is 5.73 Å². The maximum absolute atomic E-state index is 12.3. The second-order valence-electron chi connectivity index (χ2n) is 7.81. The summed E-state index contributed by atoms with van der Waals surface area (Å²) in [6, 6.07) is 21.9. The topological polar surface area (TPSA) is 119 Å². The highest BCUT2D eigenvalue weighted by atomic mass is 16.4. The van der Waals surface area contributed by atoms with E-state index in [1.807, 2.05) is 47.0 Å². The Balaban J connectivity index is 1.94. The van der Waals surface area contributed by atoms with E-state index < -0.39 is 18.0 Å². The molecule has 0 aliphatic carbocycles. The summed E-state index contributed by atoms with van der Waals surface area (Å²) in [5.74, 6) is -1.50. The second-order valence-corrected chi connectivity index (χ2v) is 7.81. The van der Waals surface area contributed by atoms with Gasteiger partial charge in [0.1, 0.15) is 5.76 Å². The third kappa shape index (κ3) is 3.44. The van der Waals surface area contributed by atoms with E-state index in [0.29, 0.717) is 39.7 Å². The van der Waals surface area contributed by atoms with E-state index in [-0.39, 0.29) is 11.1 Å². The average molecular weight is 440 g/mol. The molecule has 7 heteroatoms. The molecule has 164 valence electrons. The van der Waals surface area contributed by atoms with E-state index >= 15 is 0 Å². The lowest BCUT2D eigenvalue weighted by Crippen LogP contribution is -2.13. The summed E-state index contributed by atoms with van der Waals surface area (Å²) in [6.45, 7) is 0.466. The molecule has 0 saturated carbocycles. The Hall–Kier alpha value is -4.36.